The molecular weight excluding hydrogens is 312 g/mol. The molecular formula is C17H18N2OS2. The van der Waals surface area contributed by atoms with E-state index in [9.17, 15) is 4.79 Å². The highest BCUT2D eigenvalue weighted by atomic mass is 32.2. The first-order chi connectivity index (χ1) is 10.8. The van der Waals surface area contributed by atoms with E-state index in [1.54, 1.807) is 11.8 Å². The Morgan fingerprint density at radius 2 is 1.68 bits per heavy atom. The Bertz CT molecular complexity index is 628. The topological polar surface area (TPSA) is 32.3 Å². The predicted octanol–water partition coefficient (Wildman–Crippen LogP) is 3.53. The van der Waals surface area contributed by atoms with Gasteiger partial charge in [-0.05, 0) is 24.3 Å². The van der Waals surface area contributed by atoms with E-state index >= 15 is 0 Å². The van der Waals surface area contributed by atoms with Crippen molar-refractivity contribution in [2.45, 2.75) is 9.79 Å². The van der Waals surface area contributed by atoms with Gasteiger partial charge in [0.15, 0.2) is 0 Å². The van der Waals surface area contributed by atoms with E-state index < -0.39 is 0 Å². The molecule has 2 aromatic rings. The largest absolute Gasteiger partial charge is 0.285 e. The highest BCUT2D eigenvalue weighted by Gasteiger charge is 2.16. The SMILES string of the molecule is O=C(NN1CCSCC1)c1ccccc1Sc1ccccc1. The molecule has 0 aromatic heterocycles. The van der Waals surface area contributed by atoms with Gasteiger partial charge in [-0.2, -0.15) is 11.8 Å². The molecule has 0 bridgehead atoms. The number of nitrogens with zero attached hydrogens (tertiary/aromatic N) is 1. The fourth-order valence-electron chi connectivity index (χ4n) is 2.24. The number of benzene rings is 2. The van der Waals surface area contributed by atoms with Crippen LogP contribution in [0.4, 0.5) is 0 Å². The van der Waals surface area contributed by atoms with Gasteiger partial charge in [0.05, 0.1) is 5.56 Å². The van der Waals surface area contributed by atoms with Gasteiger partial charge in [-0.3, -0.25) is 10.2 Å². The Morgan fingerprint density at radius 1 is 1.00 bits per heavy atom. The molecule has 0 atom stereocenters. The van der Waals surface area contributed by atoms with Crippen LogP contribution in [0.3, 0.4) is 0 Å². The zero-order valence-corrected chi connectivity index (χ0v) is 13.8. The number of carbonyl (C=O) groups excluding carboxylic acids is 1. The molecule has 0 saturated carbocycles. The lowest BCUT2D eigenvalue weighted by molar-refractivity contribution is 0.0802. The van der Waals surface area contributed by atoms with E-state index in [-0.39, 0.29) is 5.91 Å². The zero-order chi connectivity index (χ0) is 15.2. The van der Waals surface area contributed by atoms with Crippen molar-refractivity contribution < 1.29 is 4.79 Å². The van der Waals surface area contributed by atoms with Crippen molar-refractivity contribution in [1.82, 2.24) is 10.4 Å². The van der Waals surface area contributed by atoms with Crippen LogP contribution in [0.25, 0.3) is 0 Å². The van der Waals surface area contributed by atoms with E-state index in [1.165, 1.54) is 0 Å². The second kappa shape index (κ2) is 7.72. The number of nitrogens with one attached hydrogen (secondary N) is 1. The Hall–Kier alpha value is -1.43. The lowest BCUT2D eigenvalue weighted by Crippen LogP contribution is -2.46. The Kier molecular flexibility index (Phi) is 5.43. The minimum absolute atomic E-state index is 0.0223. The van der Waals surface area contributed by atoms with Crippen LogP contribution in [-0.4, -0.2) is 35.5 Å². The highest BCUT2D eigenvalue weighted by molar-refractivity contribution is 7.99. The van der Waals surface area contributed by atoms with Gasteiger partial charge in [-0.25, -0.2) is 5.01 Å². The second-order valence-electron chi connectivity index (χ2n) is 4.95. The summed E-state index contributed by atoms with van der Waals surface area (Å²) in [6, 6.07) is 17.9. The fourth-order valence-corrected chi connectivity index (χ4v) is 4.11. The Balaban J connectivity index is 1.74. The van der Waals surface area contributed by atoms with Crippen molar-refractivity contribution in [3.8, 4) is 0 Å². The van der Waals surface area contributed by atoms with E-state index in [0.717, 1.165) is 39.9 Å². The zero-order valence-electron chi connectivity index (χ0n) is 12.2. The fraction of sp³-hybridized carbons (Fsp3) is 0.235. The normalized spacial score (nSPS) is 15.5. The molecule has 3 rings (SSSR count). The number of amides is 1. The van der Waals surface area contributed by atoms with Crippen LogP contribution >= 0.6 is 23.5 Å². The number of carbonyl (C=O) groups is 1. The van der Waals surface area contributed by atoms with Crippen molar-refractivity contribution in [3.05, 3.63) is 60.2 Å². The number of rotatable bonds is 4. The van der Waals surface area contributed by atoms with Crippen molar-refractivity contribution in [3.63, 3.8) is 0 Å². The second-order valence-corrected chi connectivity index (χ2v) is 7.29. The summed E-state index contributed by atoms with van der Waals surface area (Å²) in [6.45, 7) is 1.81. The molecule has 0 spiro atoms. The minimum Gasteiger partial charge on any atom is -0.285 e. The molecule has 1 saturated heterocycles. The molecule has 114 valence electrons. The molecule has 0 aliphatic carbocycles. The van der Waals surface area contributed by atoms with E-state index in [4.69, 9.17) is 0 Å². The molecule has 1 fully saturated rings. The van der Waals surface area contributed by atoms with Gasteiger partial charge in [0.1, 0.15) is 0 Å². The van der Waals surface area contributed by atoms with Crippen molar-refractivity contribution in [2.75, 3.05) is 24.6 Å². The monoisotopic (exact) mass is 330 g/mol. The minimum atomic E-state index is -0.0223. The van der Waals surface area contributed by atoms with Gasteiger partial charge in [0.25, 0.3) is 5.91 Å². The summed E-state index contributed by atoms with van der Waals surface area (Å²) in [6.07, 6.45) is 0. The molecule has 22 heavy (non-hydrogen) atoms. The van der Waals surface area contributed by atoms with Gasteiger partial charge in [-0.15, -0.1) is 0 Å². The van der Waals surface area contributed by atoms with Gasteiger partial charge in [0.2, 0.25) is 0 Å². The van der Waals surface area contributed by atoms with Crippen LogP contribution in [0.2, 0.25) is 0 Å². The smallest absolute Gasteiger partial charge is 0.266 e. The first kappa shape index (κ1) is 15.5. The summed E-state index contributed by atoms with van der Waals surface area (Å²) in [4.78, 5) is 14.7. The predicted molar refractivity (Wildman–Crippen MR) is 93.4 cm³/mol. The highest BCUT2D eigenvalue weighted by Crippen LogP contribution is 2.30. The lowest BCUT2D eigenvalue weighted by Gasteiger charge is -2.26. The van der Waals surface area contributed by atoms with Crippen LogP contribution in [0.15, 0.2) is 64.4 Å². The molecule has 0 unspecified atom stereocenters. The van der Waals surface area contributed by atoms with Crippen molar-refractivity contribution >= 4 is 29.4 Å². The van der Waals surface area contributed by atoms with Gasteiger partial charge in [-0.1, -0.05) is 42.1 Å². The van der Waals surface area contributed by atoms with Crippen LogP contribution in [0.5, 0.6) is 0 Å². The molecule has 1 amide bonds. The lowest BCUT2D eigenvalue weighted by atomic mass is 10.2. The maximum Gasteiger partial charge on any atom is 0.266 e. The molecule has 1 heterocycles. The first-order valence-corrected chi connectivity index (χ1v) is 9.26. The summed E-state index contributed by atoms with van der Waals surface area (Å²) < 4.78 is 0. The quantitative estimate of drug-likeness (QED) is 0.929. The third-order valence-electron chi connectivity index (χ3n) is 3.37. The standard InChI is InChI=1S/C17H18N2OS2/c20-17(18-19-10-12-21-13-11-19)15-8-4-5-9-16(15)22-14-6-2-1-3-7-14/h1-9H,10-13H2,(H,18,20). The average Bonchev–Trinajstić information content (AvgIpc) is 2.57. The van der Waals surface area contributed by atoms with Crippen LogP contribution < -0.4 is 5.43 Å². The third kappa shape index (κ3) is 4.06. The number of hydrazine groups is 1. The Labute approximate surface area is 139 Å². The number of hydrogen-bond donors (Lipinski definition) is 1. The molecule has 1 aliphatic rings. The van der Waals surface area contributed by atoms with Crippen molar-refractivity contribution in [1.29, 1.82) is 0 Å². The Morgan fingerprint density at radius 3 is 2.45 bits per heavy atom. The molecule has 0 radical (unpaired) electrons. The van der Waals surface area contributed by atoms with Crippen LogP contribution in [0, 0.1) is 0 Å². The third-order valence-corrected chi connectivity index (χ3v) is 5.40. The first-order valence-electron chi connectivity index (χ1n) is 7.28. The summed E-state index contributed by atoms with van der Waals surface area (Å²) in [5.41, 5.74) is 3.76. The number of hydrogen-bond acceptors (Lipinski definition) is 4. The van der Waals surface area contributed by atoms with Gasteiger partial charge < -0.3 is 0 Å². The number of thioether (sulfide) groups is 1. The summed E-state index contributed by atoms with van der Waals surface area (Å²) >= 11 is 3.55. The van der Waals surface area contributed by atoms with E-state index in [1.807, 2.05) is 59.2 Å². The van der Waals surface area contributed by atoms with E-state index in [0.29, 0.717) is 0 Å². The van der Waals surface area contributed by atoms with Gasteiger partial charge >= 0.3 is 0 Å². The maximum absolute atomic E-state index is 12.6. The van der Waals surface area contributed by atoms with Gasteiger partial charge in [0, 0.05) is 34.4 Å². The van der Waals surface area contributed by atoms with Crippen LogP contribution in [0.1, 0.15) is 10.4 Å². The maximum atomic E-state index is 12.6. The molecule has 1 N–H and O–H groups in total. The molecule has 2 aromatic carbocycles. The molecule has 1 aliphatic heterocycles. The summed E-state index contributed by atoms with van der Waals surface area (Å²) in [7, 11) is 0. The summed E-state index contributed by atoms with van der Waals surface area (Å²) in [5, 5.41) is 2.02. The van der Waals surface area contributed by atoms with Crippen molar-refractivity contribution in [2.24, 2.45) is 0 Å². The molecule has 5 heteroatoms. The molecule has 3 nitrogen and oxygen atoms in total. The summed E-state index contributed by atoms with van der Waals surface area (Å²) in [5.74, 6) is 2.12. The van der Waals surface area contributed by atoms with Crippen LogP contribution in [-0.2, 0) is 0 Å². The average molecular weight is 330 g/mol. The van der Waals surface area contributed by atoms with E-state index in [2.05, 4.69) is 17.6 Å².